The monoisotopic (exact) mass is 304 g/mol. The Kier molecular flexibility index (Phi) is 3.30. The highest BCUT2D eigenvalue weighted by atomic mass is 32.1. The zero-order valence-electron chi connectivity index (χ0n) is 11.2. The van der Waals surface area contributed by atoms with Gasteiger partial charge in [-0.15, -0.1) is 0 Å². The van der Waals surface area contributed by atoms with Crippen molar-refractivity contribution < 1.29 is 14.7 Å². The fraction of sp³-hybridized carbons (Fsp3) is 0.231. The molecule has 2 heterocycles. The molecule has 2 N–H and O–H groups in total. The van der Waals surface area contributed by atoms with Crippen molar-refractivity contribution >= 4 is 28.7 Å². The molecular formula is C13H12N4O3S. The number of carbonyl (C=O) groups excluding carboxylic acids is 1. The quantitative estimate of drug-likeness (QED) is 0.885. The molecular weight excluding hydrogens is 292 g/mol. The lowest BCUT2D eigenvalue weighted by atomic mass is 10.1. The van der Waals surface area contributed by atoms with Crippen molar-refractivity contribution in [3.63, 3.8) is 0 Å². The Morgan fingerprint density at radius 1 is 1.33 bits per heavy atom. The fourth-order valence-corrected chi connectivity index (χ4v) is 2.75. The molecule has 0 bridgehead atoms. The molecule has 21 heavy (non-hydrogen) atoms. The van der Waals surface area contributed by atoms with Crippen LogP contribution in [0.1, 0.15) is 27.3 Å². The van der Waals surface area contributed by atoms with Crippen molar-refractivity contribution in [2.45, 2.75) is 20.0 Å². The van der Waals surface area contributed by atoms with E-state index in [9.17, 15) is 9.59 Å². The van der Waals surface area contributed by atoms with Gasteiger partial charge in [-0.05, 0) is 30.2 Å². The molecule has 1 aromatic heterocycles. The Hall–Kier alpha value is -2.48. The van der Waals surface area contributed by atoms with Crippen LogP contribution in [0.4, 0.5) is 9.93 Å². The normalized spacial score (nSPS) is 13.1. The number of aromatic carboxylic acids is 1. The smallest absolute Gasteiger partial charge is 0.335 e. The average molecular weight is 304 g/mol. The van der Waals surface area contributed by atoms with Crippen LogP contribution in [-0.2, 0) is 13.1 Å². The molecule has 0 saturated heterocycles. The molecule has 0 fully saturated rings. The molecule has 3 rings (SSSR count). The standard InChI is InChI=1S/C13H12N4O3S/c1-7-14-12(21-16-7)15-13(20)17-5-9-3-2-8(11(18)19)4-10(9)6-17/h2-4H,5-6H2,1H3,(H,18,19)(H,14,15,16,20). The summed E-state index contributed by atoms with van der Waals surface area (Å²) >= 11 is 1.13. The third kappa shape index (κ3) is 2.70. The molecule has 7 nitrogen and oxygen atoms in total. The number of carbonyl (C=O) groups is 2. The second-order valence-corrected chi connectivity index (χ2v) is 5.47. The van der Waals surface area contributed by atoms with Gasteiger partial charge >= 0.3 is 12.0 Å². The summed E-state index contributed by atoms with van der Waals surface area (Å²) in [6, 6.07) is 4.65. The number of nitrogens with one attached hydrogen (secondary N) is 1. The van der Waals surface area contributed by atoms with E-state index in [4.69, 9.17) is 5.11 Å². The third-order valence-electron chi connectivity index (χ3n) is 3.20. The molecule has 2 amide bonds. The minimum atomic E-state index is -0.968. The number of fused-ring (bicyclic) bond motifs is 1. The Morgan fingerprint density at radius 3 is 2.76 bits per heavy atom. The van der Waals surface area contributed by atoms with Crippen LogP contribution in [0.3, 0.4) is 0 Å². The van der Waals surface area contributed by atoms with Crippen molar-refractivity contribution in [2.75, 3.05) is 5.32 Å². The Labute approximate surface area is 124 Å². The van der Waals surface area contributed by atoms with Crippen molar-refractivity contribution in [3.05, 3.63) is 40.7 Å². The van der Waals surface area contributed by atoms with Gasteiger partial charge in [0.25, 0.3) is 0 Å². The largest absolute Gasteiger partial charge is 0.478 e. The summed E-state index contributed by atoms with van der Waals surface area (Å²) < 4.78 is 4.00. The van der Waals surface area contributed by atoms with E-state index in [2.05, 4.69) is 14.7 Å². The summed E-state index contributed by atoms with van der Waals surface area (Å²) in [6.45, 7) is 2.60. The number of hydrogen-bond donors (Lipinski definition) is 2. The zero-order chi connectivity index (χ0) is 15.0. The number of amides is 2. The van der Waals surface area contributed by atoms with E-state index < -0.39 is 5.97 Å². The maximum Gasteiger partial charge on any atom is 0.335 e. The predicted molar refractivity (Wildman–Crippen MR) is 76.3 cm³/mol. The molecule has 2 aromatic rings. The SMILES string of the molecule is Cc1nsc(NC(=O)N2Cc3ccc(C(=O)O)cc3C2)n1. The first-order chi connectivity index (χ1) is 10.0. The average Bonchev–Trinajstić information content (AvgIpc) is 3.03. The van der Waals surface area contributed by atoms with E-state index in [0.29, 0.717) is 24.0 Å². The van der Waals surface area contributed by atoms with Crippen molar-refractivity contribution in [1.29, 1.82) is 0 Å². The van der Waals surface area contributed by atoms with Crippen LogP contribution < -0.4 is 5.32 Å². The van der Waals surface area contributed by atoms with E-state index in [1.807, 2.05) is 0 Å². The minimum absolute atomic E-state index is 0.232. The third-order valence-corrected chi connectivity index (χ3v) is 3.93. The maximum atomic E-state index is 12.1. The van der Waals surface area contributed by atoms with Gasteiger partial charge in [0, 0.05) is 24.6 Å². The molecule has 0 spiro atoms. The van der Waals surface area contributed by atoms with Gasteiger partial charge in [-0.1, -0.05) is 6.07 Å². The molecule has 1 aromatic carbocycles. The lowest BCUT2D eigenvalue weighted by Gasteiger charge is -2.14. The first-order valence-corrected chi connectivity index (χ1v) is 7.01. The Bertz CT molecular complexity index is 728. The number of aromatic nitrogens is 2. The number of urea groups is 1. The summed E-state index contributed by atoms with van der Waals surface area (Å²) in [5.41, 5.74) is 2.05. The molecule has 1 aliphatic heterocycles. The van der Waals surface area contributed by atoms with Crippen molar-refractivity contribution in [1.82, 2.24) is 14.3 Å². The van der Waals surface area contributed by atoms with Crippen molar-refractivity contribution in [2.24, 2.45) is 0 Å². The highest BCUT2D eigenvalue weighted by Crippen LogP contribution is 2.25. The molecule has 0 aliphatic carbocycles. The topological polar surface area (TPSA) is 95.4 Å². The second-order valence-electron chi connectivity index (χ2n) is 4.72. The number of carboxylic acids is 1. The number of anilines is 1. The van der Waals surface area contributed by atoms with Gasteiger partial charge in [0.2, 0.25) is 5.13 Å². The molecule has 0 atom stereocenters. The van der Waals surface area contributed by atoms with E-state index in [0.717, 1.165) is 22.7 Å². The van der Waals surface area contributed by atoms with E-state index in [1.54, 1.807) is 30.0 Å². The fourth-order valence-electron chi connectivity index (χ4n) is 2.19. The van der Waals surface area contributed by atoms with Crippen LogP contribution >= 0.6 is 11.5 Å². The first-order valence-electron chi connectivity index (χ1n) is 6.24. The van der Waals surface area contributed by atoms with Gasteiger partial charge in [0.1, 0.15) is 5.82 Å². The van der Waals surface area contributed by atoms with Gasteiger partial charge in [-0.3, -0.25) is 5.32 Å². The Morgan fingerprint density at radius 2 is 2.10 bits per heavy atom. The van der Waals surface area contributed by atoms with Crippen LogP contribution in [0.15, 0.2) is 18.2 Å². The van der Waals surface area contributed by atoms with Crippen molar-refractivity contribution in [3.8, 4) is 0 Å². The highest BCUT2D eigenvalue weighted by molar-refractivity contribution is 7.09. The van der Waals surface area contributed by atoms with E-state index in [1.165, 1.54) is 0 Å². The van der Waals surface area contributed by atoms with Crippen LogP contribution in [-0.4, -0.2) is 31.4 Å². The lowest BCUT2D eigenvalue weighted by Crippen LogP contribution is -2.30. The van der Waals surface area contributed by atoms with Crippen LogP contribution in [0.5, 0.6) is 0 Å². The number of benzene rings is 1. The first kappa shape index (κ1) is 13.5. The zero-order valence-corrected chi connectivity index (χ0v) is 12.0. The van der Waals surface area contributed by atoms with Gasteiger partial charge in [-0.25, -0.2) is 14.6 Å². The lowest BCUT2D eigenvalue weighted by molar-refractivity contribution is 0.0696. The summed E-state index contributed by atoms with van der Waals surface area (Å²) in [4.78, 5) is 28.8. The summed E-state index contributed by atoms with van der Waals surface area (Å²) in [7, 11) is 0. The number of nitrogens with zero attached hydrogens (tertiary/aromatic N) is 3. The number of carboxylic acid groups (broad SMARTS) is 1. The minimum Gasteiger partial charge on any atom is -0.478 e. The van der Waals surface area contributed by atoms with Crippen LogP contribution in [0, 0.1) is 6.92 Å². The van der Waals surface area contributed by atoms with E-state index in [-0.39, 0.29) is 11.6 Å². The number of hydrogen-bond acceptors (Lipinski definition) is 5. The molecule has 108 valence electrons. The molecule has 1 aliphatic rings. The summed E-state index contributed by atoms with van der Waals surface area (Å²) in [5, 5.41) is 12.1. The molecule has 0 radical (unpaired) electrons. The number of aryl methyl sites for hydroxylation is 1. The van der Waals surface area contributed by atoms with E-state index >= 15 is 0 Å². The van der Waals surface area contributed by atoms with Gasteiger partial charge in [0.05, 0.1) is 5.56 Å². The highest BCUT2D eigenvalue weighted by Gasteiger charge is 2.24. The predicted octanol–water partition coefficient (Wildman–Crippen LogP) is 2.09. The van der Waals surface area contributed by atoms with Gasteiger partial charge in [-0.2, -0.15) is 4.37 Å². The maximum absolute atomic E-state index is 12.1. The number of rotatable bonds is 2. The van der Waals surface area contributed by atoms with Crippen LogP contribution in [0.25, 0.3) is 0 Å². The summed E-state index contributed by atoms with van der Waals surface area (Å²) in [6.07, 6.45) is 0. The molecule has 0 saturated carbocycles. The van der Waals surface area contributed by atoms with Gasteiger partial charge < -0.3 is 10.0 Å². The molecule has 8 heteroatoms. The second kappa shape index (κ2) is 5.13. The van der Waals surface area contributed by atoms with Crippen LogP contribution in [0.2, 0.25) is 0 Å². The van der Waals surface area contributed by atoms with Gasteiger partial charge in [0.15, 0.2) is 0 Å². The Balaban J connectivity index is 1.72. The summed E-state index contributed by atoms with van der Waals surface area (Å²) in [5.74, 6) is -0.351. The molecule has 0 unspecified atom stereocenters.